The van der Waals surface area contributed by atoms with Gasteiger partial charge in [-0.25, -0.2) is 0 Å². The van der Waals surface area contributed by atoms with Crippen molar-refractivity contribution in [3.63, 3.8) is 0 Å². The molecule has 0 radical (unpaired) electrons. The molecule has 4 rings (SSSR count). The molecule has 9 atom stereocenters. The number of esters is 1. The summed E-state index contributed by atoms with van der Waals surface area (Å²) in [7, 11) is 1.48. The molecular weight excluding hydrogens is 348 g/mol. The van der Waals surface area contributed by atoms with Crippen LogP contribution in [0.1, 0.15) is 91.4 Å². The quantitative estimate of drug-likeness (QED) is 0.636. The van der Waals surface area contributed by atoms with E-state index in [1.807, 2.05) is 0 Å². The molecule has 1 N–H and O–H groups in total. The third kappa shape index (κ3) is 3.06. The summed E-state index contributed by atoms with van der Waals surface area (Å²) < 4.78 is 4.86. The predicted octanol–water partition coefficient (Wildman–Crippen LogP) is 5.60. The summed E-state index contributed by atoms with van der Waals surface area (Å²) in [6, 6.07) is 0. The molecule has 4 aliphatic rings. The Balaban J connectivity index is 1.54. The van der Waals surface area contributed by atoms with E-state index < -0.39 is 0 Å². The van der Waals surface area contributed by atoms with Crippen molar-refractivity contribution in [2.24, 2.45) is 46.3 Å². The molecule has 0 bridgehead atoms. The Labute approximate surface area is 172 Å². The lowest BCUT2D eigenvalue weighted by atomic mass is 9.44. The first-order valence-electron chi connectivity index (χ1n) is 12.1. The minimum Gasteiger partial charge on any atom is -0.469 e. The molecule has 160 valence electrons. The van der Waals surface area contributed by atoms with E-state index in [1.54, 1.807) is 0 Å². The number of hydrogen-bond donors (Lipinski definition) is 1. The summed E-state index contributed by atoms with van der Waals surface area (Å²) in [5, 5.41) is 11.5. The standard InChI is InChI=1S/C25H42O3/c1-16(8-13-23(27)28-4)19-11-12-20-18-10-9-17-7-5-6-14-24(17,2)21(18)15-22(26)25(19,20)3/h16-22,26H,5-15H2,1-4H3/t16?,17?,18?,19-,20?,21?,22-,24+,25-/m1/s1. The highest BCUT2D eigenvalue weighted by molar-refractivity contribution is 5.69. The van der Waals surface area contributed by atoms with E-state index in [0.717, 1.165) is 30.6 Å². The number of carbonyl (C=O) groups excluding carboxylic acids is 1. The Morgan fingerprint density at radius 3 is 2.64 bits per heavy atom. The summed E-state index contributed by atoms with van der Waals surface area (Å²) in [6.45, 7) is 7.29. The minimum absolute atomic E-state index is 0.0363. The van der Waals surface area contributed by atoms with Crippen LogP contribution in [0.4, 0.5) is 0 Å². The first kappa shape index (κ1) is 20.7. The monoisotopic (exact) mass is 390 g/mol. The molecule has 4 saturated carbocycles. The SMILES string of the molecule is COC(=O)CCC(C)[C@H]1CCC2C3CCC4CCCC[C@]4(C)C3C[C@@H](O)[C@@]21C. The third-order valence-corrected chi connectivity index (χ3v) is 10.5. The average Bonchev–Trinajstić information content (AvgIpc) is 3.05. The molecule has 0 aromatic heterocycles. The van der Waals surface area contributed by atoms with Crippen LogP contribution in [0.15, 0.2) is 0 Å². The van der Waals surface area contributed by atoms with E-state index in [-0.39, 0.29) is 17.5 Å². The smallest absolute Gasteiger partial charge is 0.305 e. The van der Waals surface area contributed by atoms with Crippen LogP contribution in [0.3, 0.4) is 0 Å². The fraction of sp³-hybridized carbons (Fsp3) is 0.960. The van der Waals surface area contributed by atoms with Crippen LogP contribution in [-0.4, -0.2) is 24.3 Å². The van der Waals surface area contributed by atoms with Gasteiger partial charge in [0.15, 0.2) is 0 Å². The summed E-state index contributed by atoms with van der Waals surface area (Å²) in [4.78, 5) is 11.6. The second kappa shape index (κ2) is 7.60. The Morgan fingerprint density at radius 1 is 1.11 bits per heavy atom. The Hall–Kier alpha value is -0.570. The minimum atomic E-state index is -0.177. The van der Waals surface area contributed by atoms with E-state index in [0.29, 0.717) is 29.6 Å². The van der Waals surface area contributed by atoms with Crippen LogP contribution in [0.25, 0.3) is 0 Å². The van der Waals surface area contributed by atoms with Crippen molar-refractivity contribution >= 4 is 5.97 Å². The highest BCUT2D eigenvalue weighted by Gasteiger charge is 2.63. The fourth-order valence-electron chi connectivity index (χ4n) is 8.87. The molecule has 0 aliphatic heterocycles. The van der Waals surface area contributed by atoms with Crippen molar-refractivity contribution in [2.75, 3.05) is 7.11 Å². The zero-order chi connectivity index (χ0) is 20.1. The molecule has 0 heterocycles. The van der Waals surface area contributed by atoms with Crippen LogP contribution < -0.4 is 0 Å². The molecular formula is C25H42O3. The van der Waals surface area contributed by atoms with E-state index >= 15 is 0 Å². The lowest BCUT2D eigenvalue weighted by Crippen LogP contribution is -2.58. The number of fused-ring (bicyclic) bond motifs is 5. The zero-order valence-corrected chi connectivity index (χ0v) is 18.6. The molecule has 28 heavy (non-hydrogen) atoms. The van der Waals surface area contributed by atoms with Gasteiger partial charge in [-0.3, -0.25) is 4.79 Å². The lowest BCUT2D eigenvalue weighted by molar-refractivity contribution is -0.168. The van der Waals surface area contributed by atoms with Gasteiger partial charge >= 0.3 is 5.97 Å². The summed E-state index contributed by atoms with van der Waals surface area (Å²) in [6.07, 6.45) is 13.2. The fourth-order valence-corrected chi connectivity index (χ4v) is 8.87. The Bertz CT molecular complexity index is 588. The lowest BCUT2D eigenvalue weighted by Gasteiger charge is -2.62. The van der Waals surface area contributed by atoms with Gasteiger partial charge in [-0.15, -0.1) is 0 Å². The molecule has 4 aliphatic carbocycles. The molecule has 3 heteroatoms. The van der Waals surface area contributed by atoms with Crippen molar-refractivity contribution in [1.82, 2.24) is 0 Å². The largest absolute Gasteiger partial charge is 0.469 e. The first-order chi connectivity index (χ1) is 13.3. The maximum absolute atomic E-state index is 11.6. The van der Waals surface area contributed by atoms with Crippen molar-refractivity contribution in [3.8, 4) is 0 Å². The van der Waals surface area contributed by atoms with Crippen molar-refractivity contribution in [1.29, 1.82) is 0 Å². The molecule has 5 unspecified atom stereocenters. The number of ether oxygens (including phenoxy) is 1. The molecule has 3 nitrogen and oxygen atoms in total. The molecule has 0 aromatic rings. The third-order valence-electron chi connectivity index (χ3n) is 10.5. The van der Waals surface area contributed by atoms with Gasteiger partial charge in [0.2, 0.25) is 0 Å². The number of aliphatic hydroxyl groups is 1. The zero-order valence-electron chi connectivity index (χ0n) is 18.6. The number of aliphatic hydroxyl groups excluding tert-OH is 1. The second-order valence-electron chi connectivity index (χ2n) is 11.3. The number of rotatable bonds is 4. The normalized spacial score (nSPS) is 48.9. The van der Waals surface area contributed by atoms with Gasteiger partial charge in [-0.05, 0) is 97.7 Å². The van der Waals surface area contributed by atoms with E-state index in [1.165, 1.54) is 58.5 Å². The van der Waals surface area contributed by atoms with E-state index in [4.69, 9.17) is 4.74 Å². The highest BCUT2D eigenvalue weighted by atomic mass is 16.5. The van der Waals surface area contributed by atoms with Gasteiger partial charge in [0.05, 0.1) is 13.2 Å². The van der Waals surface area contributed by atoms with Gasteiger partial charge in [0.1, 0.15) is 0 Å². The van der Waals surface area contributed by atoms with Gasteiger partial charge in [0, 0.05) is 6.42 Å². The van der Waals surface area contributed by atoms with Gasteiger partial charge in [-0.2, -0.15) is 0 Å². The van der Waals surface area contributed by atoms with Gasteiger partial charge in [0.25, 0.3) is 0 Å². The van der Waals surface area contributed by atoms with Crippen LogP contribution in [-0.2, 0) is 9.53 Å². The van der Waals surface area contributed by atoms with Crippen LogP contribution in [0.5, 0.6) is 0 Å². The van der Waals surface area contributed by atoms with E-state index in [9.17, 15) is 9.90 Å². The molecule has 0 amide bonds. The molecule has 0 aromatic carbocycles. The van der Waals surface area contributed by atoms with Crippen LogP contribution >= 0.6 is 0 Å². The van der Waals surface area contributed by atoms with Crippen molar-refractivity contribution in [2.45, 2.75) is 97.5 Å². The predicted molar refractivity (Wildman–Crippen MR) is 112 cm³/mol. The van der Waals surface area contributed by atoms with E-state index in [2.05, 4.69) is 20.8 Å². The molecule has 4 fully saturated rings. The van der Waals surface area contributed by atoms with Gasteiger partial charge in [-0.1, -0.05) is 33.6 Å². The number of carbonyl (C=O) groups is 1. The molecule has 0 saturated heterocycles. The average molecular weight is 391 g/mol. The topological polar surface area (TPSA) is 46.5 Å². The number of methoxy groups -OCH3 is 1. The maximum Gasteiger partial charge on any atom is 0.305 e. The summed E-state index contributed by atoms with van der Waals surface area (Å²) in [5.74, 6) is 4.02. The Morgan fingerprint density at radius 2 is 1.89 bits per heavy atom. The number of hydrogen-bond acceptors (Lipinski definition) is 3. The van der Waals surface area contributed by atoms with Crippen LogP contribution in [0, 0.1) is 46.3 Å². The second-order valence-corrected chi connectivity index (χ2v) is 11.3. The molecule has 0 spiro atoms. The maximum atomic E-state index is 11.6. The van der Waals surface area contributed by atoms with Gasteiger partial charge < -0.3 is 9.84 Å². The highest BCUT2D eigenvalue weighted by Crippen LogP contribution is 2.68. The first-order valence-corrected chi connectivity index (χ1v) is 12.1. The van der Waals surface area contributed by atoms with Crippen LogP contribution in [0.2, 0.25) is 0 Å². The Kier molecular flexibility index (Phi) is 5.61. The van der Waals surface area contributed by atoms with Crippen molar-refractivity contribution < 1.29 is 14.6 Å². The van der Waals surface area contributed by atoms with Crippen molar-refractivity contribution in [3.05, 3.63) is 0 Å². The summed E-state index contributed by atoms with van der Waals surface area (Å²) in [5.41, 5.74) is 0.507. The summed E-state index contributed by atoms with van der Waals surface area (Å²) >= 11 is 0.